The van der Waals surface area contributed by atoms with Crippen molar-refractivity contribution < 1.29 is 0 Å². The number of nitrogens with two attached hydrogens (primary N) is 1. The minimum atomic E-state index is 0.388. The van der Waals surface area contributed by atoms with Crippen LogP contribution in [-0.2, 0) is 13.0 Å². The van der Waals surface area contributed by atoms with Gasteiger partial charge in [0.05, 0.1) is 5.69 Å². The van der Waals surface area contributed by atoms with Gasteiger partial charge in [-0.2, -0.15) is 5.10 Å². The molecule has 90 valence electrons. The van der Waals surface area contributed by atoms with Crippen molar-refractivity contribution in [3.05, 3.63) is 17.5 Å². The summed E-state index contributed by atoms with van der Waals surface area (Å²) in [5, 5.41) is 4.51. The van der Waals surface area contributed by atoms with E-state index in [2.05, 4.69) is 36.6 Å². The van der Waals surface area contributed by atoms with E-state index in [0.29, 0.717) is 11.5 Å². The van der Waals surface area contributed by atoms with Crippen molar-refractivity contribution in [3.8, 4) is 0 Å². The monoisotopic (exact) mass is 221 g/mol. The zero-order valence-electron chi connectivity index (χ0n) is 10.7. The molecule has 2 atom stereocenters. The zero-order chi connectivity index (χ0) is 11.8. The van der Waals surface area contributed by atoms with E-state index >= 15 is 0 Å². The highest BCUT2D eigenvalue weighted by Gasteiger charge is 2.34. The van der Waals surface area contributed by atoms with Gasteiger partial charge in [-0.1, -0.05) is 6.92 Å². The first kappa shape index (κ1) is 11.6. The zero-order valence-corrected chi connectivity index (χ0v) is 10.7. The summed E-state index contributed by atoms with van der Waals surface area (Å²) in [6.07, 6.45) is 4.70. The lowest BCUT2D eigenvalue weighted by atomic mass is 9.83. The predicted octanol–water partition coefficient (Wildman–Crippen LogP) is 2.27. The van der Waals surface area contributed by atoms with E-state index in [0.717, 1.165) is 25.1 Å². The van der Waals surface area contributed by atoms with Gasteiger partial charge in [-0.3, -0.25) is 4.68 Å². The van der Waals surface area contributed by atoms with Crippen molar-refractivity contribution in [1.29, 1.82) is 0 Å². The summed E-state index contributed by atoms with van der Waals surface area (Å²) in [4.78, 5) is 0. The van der Waals surface area contributed by atoms with Crippen LogP contribution in [0.15, 0.2) is 6.07 Å². The lowest BCUT2D eigenvalue weighted by Gasteiger charge is -2.23. The van der Waals surface area contributed by atoms with Gasteiger partial charge >= 0.3 is 0 Å². The van der Waals surface area contributed by atoms with Gasteiger partial charge in [-0.05, 0) is 51.0 Å². The number of hydrogen-bond donors (Lipinski definition) is 1. The molecule has 1 aromatic heterocycles. The van der Waals surface area contributed by atoms with E-state index in [-0.39, 0.29) is 0 Å². The molecule has 0 bridgehead atoms. The van der Waals surface area contributed by atoms with Gasteiger partial charge in [0, 0.05) is 18.3 Å². The molecule has 16 heavy (non-hydrogen) atoms. The standard InChI is InChI=1S/C13H23N3/c1-4-16-12(7-10(2)15-16)9-13(3)6-5-11(14)8-13/h7,11H,4-6,8-9,14H2,1-3H3. The molecular weight excluding hydrogens is 198 g/mol. The summed E-state index contributed by atoms with van der Waals surface area (Å²) in [6.45, 7) is 7.55. The van der Waals surface area contributed by atoms with E-state index in [4.69, 9.17) is 5.73 Å². The Bertz CT molecular complexity index is 369. The molecule has 0 aliphatic heterocycles. The average molecular weight is 221 g/mol. The fourth-order valence-electron chi connectivity index (χ4n) is 2.98. The molecule has 1 fully saturated rings. The molecule has 1 aliphatic carbocycles. The van der Waals surface area contributed by atoms with E-state index in [9.17, 15) is 0 Å². The number of hydrogen-bond acceptors (Lipinski definition) is 2. The maximum absolute atomic E-state index is 6.02. The Morgan fingerprint density at radius 2 is 2.38 bits per heavy atom. The molecule has 3 heteroatoms. The number of rotatable bonds is 3. The Kier molecular flexibility index (Phi) is 3.06. The fourth-order valence-corrected chi connectivity index (χ4v) is 2.98. The van der Waals surface area contributed by atoms with Crippen LogP contribution in [0.5, 0.6) is 0 Å². The first-order chi connectivity index (χ1) is 7.52. The van der Waals surface area contributed by atoms with Crippen LogP contribution >= 0.6 is 0 Å². The van der Waals surface area contributed by atoms with Gasteiger partial charge in [0.25, 0.3) is 0 Å². The van der Waals surface area contributed by atoms with Crippen LogP contribution in [0.4, 0.5) is 0 Å². The molecule has 1 saturated carbocycles. The summed E-state index contributed by atoms with van der Waals surface area (Å²) in [6, 6.07) is 2.63. The summed E-state index contributed by atoms with van der Waals surface area (Å²) >= 11 is 0. The Labute approximate surface area is 98.0 Å². The summed E-state index contributed by atoms with van der Waals surface area (Å²) in [5.74, 6) is 0. The third-order valence-electron chi connectivity index (χ3n) is 3.77. The van der Waals surface area contributed by atoms with Crippen LogP contribution in [0.25, 0.3) is 0 Å². The molecule has 1 heterocycles. The second-order valence-corrected chi connectivity index (χ2v) is 5.58. The molecule has 1 aromatic rings. The highest BCUT2D eigenvalue weighted by atomic mass is 15.3. The van der Waals surface area contributed by atoms with Gasteiger partial charge in [0.1, 0.15) is 0 Å². The Morgan fingerprint density at radius 3 is 2.94 bits per heavy atom. The van der Waals surface area contributed by atoms with Crippen LogP contribution in [0, 0.1) is 12.3 Å². The van der Waals surface area contributed by atoms with Crippen molar-refractivity contribution in [2.45, 2.75) is 59.0 Å². The van der Waals surface area contributed by atoms with Gasteiger partial charge in [0.2, 0.25) is 0 Å². The molecule has 0 amide bonds. The largest absolute Gasteiger partial charge is 0.328 e. The average Bonchev–Trinajstić information content (AvgIpc) is 2.70. The van der Waals surface area contributed by atoms with Gasteiger partial charge < -0.3 is 5.73 Å². The molecular formula is C13H23N3. The SMILES string of the molecule is CCn1nc(C)cc1CC1(C)CCC(N)C1. The van der Waals surface area contributed by atoms with Gasteiger partial charge in [-0.25, -0.2) is 0 Å². The van der Waals surface area contributed by atoms with Crippen molar-refractivity contribution in [1.82, 2.24) is 9.78 Å². The summed E-state index contributed by atoms with van der Waals surface area (Å²) < 4.78 is 2.13. The van der Waals surface area contributed by atoms with Gasteiger partial charge in [-0.15, -0.1) is 0 Å². The first-order valence-electron chi connectivity index (χ1n) is 6.31. The molecule has 0 radical (unpaired) electrons. The lowest BCUT2D eigenvalue weighted by molar-refractivity contribution is 0.319. The van der Waals surface area contributed by atoms with Crippen LogP contribution in [0.3, 0.4) is 0 Å². The minimum Gasteiger partial charge on any atom is -0.328 e. The molecule has 2 N–H and O–H groups in total. The predicted molar refractivity (Wildman–Crippen MR) is 66.3 cm³/mol. The van der Waals surface area contributed by atoms with Crippen LogP contribution < -0.4 is 5.73 Å². The van der Waals surface area contributed by atoms with Crippen LogP contribution in [0.2, 0.25) is 0 Å². The summed E-state index contributed by atoms with van der Waals surface area (Å²) in [7, 11) is 0. The lowest BCUT2D eigenvalue weighted by Crippen LogP contribution is -2.22. The normalized spacial score (nSPS) is 29.9. The highest BCUT2D eigenvalue weighted by molar-refractivity contribution is 5.12. The minimum absolute atomic E-state index is 0.388. The maximum Gasteiger partial charge on any atom is 0.0596 e. The quantitative estimate of drug-likeness (QED) is 0.851. The first-order valence-corrected chi connectivity index (χ1v) is 6.31. The third kappa shape index (κ3) is 2.29. The van der Waals surface area contributed by atoms with Crippen molar-refractivity contribution in [2.75, 3.05) is 0 Å². The molecule has 1 aliphatic rings. The third-order valence-corrected chi connectivity index (χ3v) is 3.77. The molecule has 0 saturated heterocycles. The second kappa shape index (κ2) is 4.21. The Balaban J connectivity index is 2.14. The maximum atomic E-state index is 6.02. The van der Waals surface area contributed by atoms with Crippen molar-refractivity contribution >= 4 is 0 Å². The Hall–Kier alpha value is -0.830. The second-order valence-electron chi connectivity index (χ2n) is 5.58. The molecule has 0 spiro atoms. The van der Waals surface area contributed by atoms with Crippen molar-refractivity contribution in [2.24, 2.45) is 11.1 Å². The topological polar surface area (TPSA) is 43.8 Å². The van der Waals surface area contributed by atoms with Crippen LogP contribution in [0.1, 0.15) is 44.5 Å². The van der Waals surface area contributed by atoms with Gasteiger partial charge in [0.15, 0.2) is 0 Å². The molecule has 3 nitrogen and oxygen atoms in total. The highest BCUT2D eigenvalue weighted by Crippen LogP contribution is 2.39. The Morgan fingerprint density at radius 1 is 1.62 bits per heavy atom. The fraction of sp³-hybridized carbons (Fsp3) is 0.769. The van der Waals surface area contributed by atoms with E-state index in [1.54, 1.807) is 0 Å². The number of nitrogens with zero attached hydrogens (tertiary/aromatic N) is 2. The number of aryl methyl sites for hydroxylation is 2. The smallest absolute Gasteiger partial charge is 0.0596 e. The molecule has 2 unspecified atom stereocenters. The van der Waals surface area contributed by atoms with Crippen molar-refractivity contribution in [3.63, 3.8) is 0 Å². The van der Waals surface area contributed by atoms with E-state index < -0.39 is 0 Å². The van der Waals surface area contributed by atoms with Crippen LogP contribution in [-0.4, -0.2) is 15.8 Å². The van der Waals surface area contributed by atoms with E-state index in [1.165, 1.54) is 18.5 Å². The molecule has 2 rings (SSSR count). The number of aromatic nitrogens is 2. The van der Waals surface area contributed by atoms with E-state index in [1.807, 2.05) is 0 Å². The summed E-state index contributed by atoms with van der Waals surface area (Å²) in [5.41, 5.74) is 8.90. The molecule has 0 aromatic carbocycles.